The smallest absolute Gasteiger partial charge is 0.0354 e. The lowest BCUT2D eigenvalue weighted by molar-refractivity contribution is 0.802. The molecule has 2 heteroatoms. The molecule has 2 aromatic rings. The van der Waals surface area contributed by atoms with Crippen LogP contribution in [0.25, 0.3) is 0 Å². The molecule has 0 saturated heterocycles. The van der Waals surface area contributed by atoms with E-state index in [1.807, 2.05) is 23.9 Å². The number of anilines is 1. The van der Waals surface area contributed by atoms with Gasteiger partial charge in [0.2, 0.25) is 0 Å². The number of aryl methyl sites for hydroxylation is 1. The Bertz CT molecular complexity index is 508. The number of hydrogen-bond acceptors (Lipinski definition) is 2. The van der Waals surface area contributed by atoms with E-state index in [0.717, 1.165) is 11.4 Å². The van der Waals surface area contributed by atoms with E-state index in [2.05, 4.69) is 43.3 Å². The molecule has 2 aromatic carbocycles. The number of benzene rings is 2. The predicted octanol–water partition coefficient (Wildman–Crippen LogP) is 4.69. The van der Waals surface area contributed by atoms with Gasteiger partial charge in [0.15, 0.2) is 0 Å². The minimum Gasteiger partial charge on any atom is -0.398 e. The van der Waals surface area contributed by atoms with Crippen molar-refractivity contribution in [2.24, 2.45) is 0 Å². The first-order valence-corrected chi connectivity index (χ1v) is 7.78. The fourth-order valence-electron chi connectivity index (χ4n) is 2.05. The van der Waals surface area contributed by atoms with Crippen LogP contribution in [0.5, 0.6) is 0 Å². The Morgan fingerprint density at radius 2 is 1.74 bits per heavy atom. The lowest BCUT2D eigenvalue weighted by Gasteiger charge is -2.07. The van der Waals surface area contributed by atoms with E-state index in [9.17, 15) is 0 Å². The molecule has 0 fully saturated rings. The van der Waals surface area contributed by atoms with Crippen molar-refractivity contribution in [3.05, 3.63) is 59.7 Å². The summed E-state index contributed by atoms with van der Waals surface area (Å²) in [5, 5.41) is 0. The second kappa shape index (κ2) is 7.25. The Hall–Kier alpha value is -1.41. The number of unbranched alkanes of at least 4 members (excludes halogenated alkanes) is 1. The largest absolute Gasteiger partial charge is 0.398 e. The standard InChI is InChI=1S/C17H21NS/c1-14-16(18)11-7-12-17(14)19-13-6-5-10-15-8-3-2-4-9-15/h2-4,7-9,11-12H,5-6,10,13,18H2,1H3. The molecule has 0 aromatic heterocycles. The summed E-state index contributed by atoms with van der Waals surface area (Å²) >= 11 is 1.92. The van der Waals surface area contributed by atoms with Crippen LogP contribution in [-0.4, -0.2) is 5.75 Å². The van der Waals surface area contributed by atoms with Crippen LogP contribution < -0.4 is 5.73 Å². The third kappa shape index (κ3) is 4.32. The topological polar surface area (TPSA) is 26.0 Å². The molecule has 2 N–H and O–H groups in total. The van der Waals surface area contributed by atoms with Gasteiger partial charge in [-0.2, -0.15) is 0 Å². The molecule has 0 saturated carbocycles. The number of nitrogens with two attached hydrogens (primary N) is 1. The van der Waals surface area contributed by atoms with Gasteiger partial charge < -0.3 is 5.73 Å². The van der Waals surface area contributed by atoms with Gasteiger partial charge in [0, 0.05) is 10.6 Å². The zero-order valence-corrected chi connectivity index (χ0v) is 12.2. The third-order valence-electron chi connectivity index (χ3n) is 3.29. The highest BCUT2D eigenvalue weighted by molar-refractivity contribution is 7.99. The van der Waals surface area contributed by atoms with E-state index >= 15 is 0 Å². The van der Waals surface area contributed by atoms with E-state index in [4.69, 9.17) is 5.73 Å². The van der Waals surface area contributed by atoms with Gasteiger partial charge in [0.25, 0.3) is 0 Å². The third-order valence-corrected chi connectivity index (χ3v) is 4.53. The molecular weight excluding hydrogens is 250 g/mol. The molecule has 1 nitrogen and oxygen atoms in total. The van der Waals surface area contributed by atoms with Crippen molar-refractivity contribution in [1.29, 1.82) is 0 Å². The van der Waals surface area contributed by atoms with Crippen LogP contribution >= 0.6 is 11.8 Å². The van der Waals surface area contributed by atoms with Crippen LogP contribution in [0.2, 0.25) is 0 Å². The van der Waals surface area contributed by atoms with Crippen LogP contribution in [0.1, 0.15) is 24.0 Å². The van der Waals surface area contributed by atoms with Crippen LogP contribution in [0.3, 0.4) is 0 Å². The quantitative estimate of drug-likeness (QED) is 0.468. The number of rotatable bonds is 6. The summed E-state index contributed by atoms with van der Waals surface area (Å²) in [5.41, 5.74) is 9.47. The van der Waals surface area contributed by atoms with Gasteiger partial charge in [-0.05, 0) is 55.2 Å². The molecule has 0 atom stereocenters. The number of nitrogen functional groups attached to an aromatic ring is 1. The summed E-state index contributed by atoms with van der Waals surface area (Å²) < 4.78 is 0. The zero-order valence-electron chi connectivity index (χ0n) is 11.4. The maximum Gasteiger partial charge on any atom is 0.0354 e. The minimum atomic E-state index is 0.897. The molecule has 0 bridgehead atoms. The fourth-order valence-corrected chi connectivity index (χ4v) is 3.12. The van der Waals surface area contributed by atoms with Crippen molar-refractivity contribution in [2.75, 3.05) is 11.5 Å². The maximum atomic E-state index is 5.91. The second-order valence-electron chi connectivity index (χ2n) is 4.76. The molecule has 0 aliphatic heterocycles. The van der Waals surface area contributed by atoms with E-state index in [-0.39, 0.29) is 0 Å². The van der Waals surface area contributed by atoms with Gasteiger partial charge in [0.05, 0.1) is 0 Å². The van der Waals surface area contributed by atoms with E-state index in [1.165, 1.54) is 35.3 Å². The van der Waals surface area contributed by atoms with Crippen molar-refractivity contribution in [3.8, 4) is 0 Å². The Balaban J connectivity index is 1.71. The first-order valence-electron chi connectivity index (χ1n) is 6.79. The number of hydrogen-bond donors (Lipinski definition) is 1. The molecule has 2 rings (SSSR count). The fraction of sp³-hybridized carbons (Fsp3) is 0.294. The zero-order chi connectivity index (χ0) is 13.5. The number of thioether (sulfide) groups is 1. The Morgan fingerprint density at radius 3 is 2.53 bits per heavy atom. The van der Waals surface area contributed by atoms with E-state index < -0.39 is 0 Å². The molecule has 0 unspecified atom stereocenters. The average molecular weight is 271 g/mol. The molecular formula is C17H21NS. The molecule has 0 aliphatic carbocycles. The SMILES string of the molecule is Cc1c(N)cccc1SCCCCc1ccccc1. The van der Waals surface area contributed by atoms with Crippen molar-refractivity contribution >= 4 is 17.4 Å². The molecule has 0 radical (unpaired) electrons. The highest BCUT2D eigenvalue weighted by Gasteiger charge is 2.01. The lowest BCUT2D eigenvalue weighted by Crippen LogP contribution is -1.92. The molecule has 0 aliphatic rings. The highest BCUT2D eigenvalue weighted by atomic mass is 32.2. The highest BCUT2D eigenvalue weighted by Crippen LogP contribution is 2.26. The summed E-state index contributed by atoms with van der Waals surface area (Å²) in [7, 11) is 0. The van der Waals surface area contributed by atoms with Crippen molar-refractivity contribution in [2.45, 2.75) is 31.1 Å². The van der Waals surface area contributed by atoms with Gasteiger partial charge in [0.1, 0.15) is 0 Å². The van der Waals surface area contributed by atoms with Crippen LogP contribution in [0, 0.1) is 6.92 Å². The summed E-state index contributed by atoms with van der Waals surface area (Å²) in [4.78, 5) is 1.32. The summed E-state index contributed by atoms with van der Waals surface area (Å²) in [5.74, 6) is 1.16. The molecule has 0 spiro atoms. The predicted molar refractivity (Wildman–Crippen MR) is 85.7 cm³/mol. The normalized spacial score (nSPS) is 10.6. The van der Waals surface area contributed by atoms with E-state index in [1.54, 1.807) is 0 Å². The van der Waals surface area contributed by atoms with Gasteiger partial charge in [-0.25, -0.2) is 0 Å². The van der Waals surface area contributed by atoms with E-state index in [0.29, 0.717) is 0 Å². The molecule has 0 heterocycles. The Labute approximate surface area is 120 Å². The van der Waals surface area contributed by atoms with Crippen LogP contribution in [0.15, 0.2) is 53.4 Å². The van der Waals surface area contributed by atoms with Gasteiger partial charge in [-0.15, -0.1) is 11.8 Å². The maximum absolute atomic E-state index is 5.91. The average Bonchev–Trinajstić information content (AvgIpc) is 2.44. The molecule has 19 heavy (non-hydrogen) atoms. The van der Waals surface area contributed by atoms with Crippen LogP contribution in [-0.2, 0) is 6.42 Å². The first kappa shape index (κ1) is 14.0. The summed E-state index contributed by atoms with van der Waals surface area (Å²) in [6, 6.07) is 16.9. The first-order chi connectivity index (χ1) is 9.27. The van der Waals surface area contributed by atoms with Gasteiger partial charge >= 0.3 is 0 Å². The molecule has 100 valence electrons. The summed E-state index contributed by atoms with van der Waals surface area (Å²) in [6.45, 7) is 2.10. The minimum absolute atomic E-state index is 0.897. The van der Waals surface area contributed by atoms with Crippen molar-refractivity contribution in [1.82, 2.24) is 0 Å². The Morgan fingerprint density at radius 1 is 0.947 bits per heavy atom. The Kier molecular flexibility index (Phi) is 5.34. The summed E-state index contributed by atoms with van der Waals surface area (Å²) in [6.07, 6.45) is 3.67. The van der Waals surface area contributed by atoms with Gasteiger partial charge in [-0.1, -0.05) is 36.4 Å². The van der Waals surface area contributed by atoms with Gasteiger partial charge in [-0.3, -0.25) is 0 Å². The van der Waals surface area contributed by atoms with Crippen LogP contribution in [0.4, 0.5) is 5.69 Å². The van der Waals surface area contributed by atoms with Crippen molar-refractivity contribution < 1.29 is 0 Å². The van der Waals surface area contributed by atoms with Crippen molar-refractivity contribution in [3.63, 3.8) is 0 Å². The lowest BCUT2D eigenvalue weighted by atomic mass is 10.1. The second-order valence-corrected chi connectivity index (χ2v) is 5.90. The molecule has 0 amide bonds. The monoisotopic (exact) mass is 271 g/mol.